The largest absolute Gasteiger partial charge is 0.339 e. The molecule has 0 bridgehead atoms. The fourth-order valence-electron chi connectivity index (χ4n) is 3.29. The molecule has 4 nitrogen and oxygen atoms in total. The molecule has 0 radical (unpaired) electrons. The number of rotatable bonds is 3. The van der Waals surface area contributed by atoms with Crippen LogP contribution in [0.5, 0.6) is 0 Å². The van der Waals surface area contributed by atoms with Crippen molar-refractivity contribution in [2.45, 2.75) is 38.1 Å². The van der Waals surface area contributed by atoms with E-state index in [-0.39, 0.29) is 17.7 Å². The van der Waals surface area contributed by atoms with Crippen LogP contribution in [-0.2, 0) is 9.59 Å². The number of hydrogen-bond acceptors (Lipinski definition) is 2. The van der Waals surface area contributed by atoms with E-state index in [1.54, 1.807) is 24.3 Å². The third-order valence-corrected chi connectivity index (χ3v) is 4.62. The first-order valence-electron chi connectivity index (χ1n) is 7.49. The normalized spacial score (nSPS) is 22.8. The molecule has 2 aliphatic rings. The molecule has 1 aromatic carbocycles. The van der Waals surface area contributed by atoms with Crippen molar-refractivity contribution >= 4 is 29.1 Å². The first kappa shape index (κ1) is 14.4. The average molecular weight is 307 g/mol. The Hall–Kier alpha value is -1.55. The molecule has 0 unspecified atom stereocenters. The maximum Gasteiger partial charge on any atom is 0.229 e. The molecule has 21 heavy (non-hydrogen) atoms. The molecule has 0 spiro atoms. The highest BCUT2D eigenvalue weighted by Crippen LogP contribution is 2.30. The Labute approximate surface area is 129 Å². The van der Waals surface area contributed by atoms with Crippen LogP contribution in [0.1, 0.15) is 32.1 Å². The minimum atomic E-state index is -0.253. The molecule has 5 heteroatoms. The van der Waals surface area contributed by atoms with E-state index in [9.17, 15) is 9.59 Å². The summed E-state index contributed by atoms with van der Waals surface area (Å²) in [5.41, 5.74) is 0.680. The van der Waals surface area contributed by atoms with E-state index >= 15 is 0 Å². The summed E-state index contributed by atoms with van der Waals surface area (Å²) in [5, 5.41) is 3.44. The Balaban J connectivity index is 1.62. The maximum absolute atomic E-state index is 12.3. The first-order chi connectivity index (χ1) is 10.1. The molecule has 1 saturated carbocycles. The first-order valence-corrected chi connectivity index (χ1v) is 7.87. The molecular formula is C16H19ClN2O2. The van der Waals surface area contributed by atoms with E-state index in [4.69, 9.17) is 11.6 Å². The zero-order valence-corrected chi connectivity index (χ0v) is 12.6. The second-order valence-corrected chi connectivity index (χ2v) is 6.32. The second-order valence-electron chi connectivity index (χ2n) is 5.89. The van der Waals surface area contributed by atoms with Gasteiger partial charge in [-0.1, -0.05) is 30.5 Å². The topological polar surface area (TPSA) is 49.4 Å². The van der Waals surface area contributed by atoms with Crippen molar-refractivity contribution in [3.8, 4) is 0 Å². The molecular weight excluding hydrogens is 288 g/mol. The predicted molar refractivity (Wildman–Crippen MR) is 82.2 cm³/mol. The second kappa shape index (κ2) is 6.06. The van der Waals surface area contributed by atoms with Crippen LogP contribution in [0.4, 0.5) is 5.69 Å². The van der Waals surface area contributed by atoms with Gasteiger partial charge in [-0.2, -0.15) is 0 Å². The lowest BCUT2D eigenvalue weighted by Gasteiger charge is -2.23. The fraction of sp³-hybridized carbons (Fsp3) is 0.500. The maximum atomic E-state index is 12.3. The number of halogens is 1. The van der Waals surface area contributed by atoms with Crippen molar-refractivity contribution in [1.82, 2.24) is 4.90 Å². The molecule has 1 atom stereocenters. The van der Waals surface area contributed by atoms with E-state index < -0.39 is 0 Å². The number of amides is 2. The Morgan fingerprint density at radius 1 is 1.29 bits per heavy atom. The highest BCUT2D eigenvalue weighted by Gasteiger charge is 2.38. The number of carbonyl (C=O) groups excluding carboxylic acids is 2. The van der Waals surface area contributed by atoms with Crippen molar-refractivity contribution in [3.63, 3.8) is 0 Å². The highest BCUT2D eigenvalue weighted by molar-refractivity contribution is 6.30. The van der Waals surface area contributed by atoms with E-state index in [0.717, 1.165) is 12.8 Å². The van der Waals surface area contributed by atoms with Crippen molar-refractivity contribution in [1.29, 1.82) is 0 Å². The van der Waals surface area contributed by atoms with Gasteiger partial charge in [-0.3, -0.25) is 9.59 Å². The predicted octanol–water partition coefficient (Wildman–Crippen LogP) is 3.07. The number of nitrogens with zero attached hydrogens (tertiary/aromatic N) is 1. The monoisotopic (exact) mass is 306 g/mol. The molecule has 1 N–H and O–H groups in total. The van der Waals surface area contributed by atoms with E-state index in [1.165, 1.54) is 12.8 Å². The third kappa shape index (κ3) is 3.21. The third-order valence-electron chi connectivity index (χ3n) is 4.39. The van der Waals surface area contributed by atoms with Gasteiger partial charge in [0.05, 0.1) is 5.92 Å². The van der Waals surface area contributed by atoms with Gasteiger partial charge in [0.25, 0.3) is 0 Å². The van der Waals surface area contributed by atoms with Gasteiger partial charge in [-0.05, 0) is 31.0 Å². The van der Waals surface area contributed by atoms with Gasteiger partial charge in [0.1, 0.15) is 0 Å². The zero-order valence-electron chi connectivity index (χ0n) is 11.8. The summed E-state index contributed by atoms with van der Waals surface area (Å²) in [6.07, 6.45) is 4.85. The minimum Gasteiger partial charge on any atom is -0.339 e. The van der Waals surface area contributed by atoms with Crippen molar-refractivity contribution in [2.24, 2.45) is 5.92 Å². The number of benzene rings is 1. The minimum absolute atomic E-state index is 0.0916. The number of nitrogens with one attached hydrogen (secondary N) is 1. The Kier molecular flexibility index (Phi) is 4.15. The van der Waals surface area contributed by atoms with Crippen LogP contribution in [0.2, 0.25) is 5.02 Å². The van der Waals surface area contributed by atoms with Gasteiger partial charge in [-0.15, -0.1) is 0 Å². The molecule has 2 amide bonds. The summed E-state index contributed by atoms with van der Waals surface area (Å²) in [4.78, 5) is 26.3. The molecule has 1 saturated heterocycles. The molecule has 1 aromatic rings. The van der Waals surface area contributed by atoms with Crippen LogP contribution in [0.25, 0.3) is 0 Å². The zero-order chi connectivity index (χ0) is 14.8. The summed E-state index contributed by atoms with van der Waals surface area (Å²) in [7, 11) is 0. The SMILES string of the molecule is O=C(Nc1cccc(Cl)c1)[C@H]1CC(=O)N(C2CCCC2)C1. The van der Waals surface area contributed by atoms with Crippen LogP contribution < -0.4 is 5.32 Å². The van der Waals surface area contributed by atoms with E-state index in [1.807, 2.05) is 4.90 Å². The summed E-state index contributed by atoms with van der Waals surface area (Å²) < 4.78 is 0. The number of likely N-dealkylation sites (tertiary alicyclic amines) is 1. The van der Waals surface area contributed by atoms with Crippen molar-refractivity contribution < 1.29 is 9.59 Å². The summed E-state index contributed by atoms with van der Waals surface area (Å²) in [6, 6.07) is 7.42. The van der Waals surface area contributed by atoms with Crippen LogP contribution in [-0.4, -0.2) is 29.3 Å². The fourth-order valence-corrected chi connectivity index (χ4v) is 3.48. The van der Waals surface area contributed by atoms with Gasteiger partial charge in [0, 0.05) is 29.7 Å². The lowest BCUT2D eigenvalue weighted by molar-refractivity contribution is -0.129. The number of carbonyl (C=O) groups is 2. The molecule has 3 rings (SSSR count). The van der Waals surface area contributed by atoms with Gasteiger partial charge in [-0.25, -0.2) is 0 Å². The Morgan fingerprint density at radius 3 is 2.76 bits per heavy atom. The lowest BCUT2D eigenvalue weighted by Crippen LogP contribution is -2.35. The van der Waals surface area contributed by atoms with Crippen molar-refractivity contribution in [2.75, 3.05) is 11.9 Å². The standard InChI is InChI=1S/C16H19ClN2O2/c17-12-4-3-5-13(9-12)18-16(21)11-8-15(20)19(10-11)14-6-1-2-7-14/h3-5,9,11,14H,1-2,6-8,10H2,(H,18,21)/t11-/m0/s1. The van der Waals surface area contributed by atoms with Crippen molar-refractivity contribution in [3.05, 3.63) is 29.3 Å². The lowest BCUT2D eigenvalue weighted by atomic mass is 10.1. The van der Waals surface area contributed by atoms with Gasteiger partial charge < -0.3 is 10.2 Å². The molecule has 0 aromatic heterocycles. The van der Waals surface area contributed by atoms with Crippen LogP contribution >= 0.6 is 11.6 Å². The summed E-state index contributed by atoms with van der Waals surface area (Å²) >= 11 is 5.91. The van der Waals surface area contributed by atoms with Gasteiger partial charge in [0.15, 0.2) is 0 Å². The Bertz CT molecular complexity index is 555. The number of hydrogen-bond donors (Lipinski definition) is 1. The quantitative estimate of drug-likeness (QED) is 0.933. The van der Waals surface area contributed by atoms with Gasteiger partial charge in [0.2, 0.25) is 11.8 Å². The van der Waals surface area contributed by atoms with E-state index in [2.05, 4.69) is 5.32 Å². The molecule has 112 valence electrons. The van der Waals surface area contributed by atoms with E-state index in [0.29, 0.717) is 29.7 Å². The number of anilines is 1. The van der Waals surface area contributed by atoms with Gasteiger partial charge >= 0.3 is 0 Å². The molecule has 1 aliphatic heterocycles. The highest BCUT2D eigenvalue weighted by atomic mass is 35.5. The summed E-state index contributed by atoms with van der Waals surface area (Å²) in [6.45, 7) is 0.551. The van der Waals surface area contributed by atoms with Crippen LogP contribution in [0.15, 0.2) is 24.3 Å². The molecule has 2 fully saturated rings. The molecule has 1 aliphatic carbocycles. The molecule has 1 heterocycles. The Morgan fingerprint density at radius 2 is 2.05 bits per heavy atom. The summed E-state index contributed by atoms with van der Waals surface area (Å²) in [5.74, 6) is -0.226. The smallest absolute Gasteiger partial charge is 0.229 e. The van der Waals surface area contributed by atoms with Crippen LogP contribution in [0, 0.1) is 5.92 Å². The average Bonchev–Trinajstić information content (AvgIpc) is 3.07. The van der Waals surface area contributed by atoms with Crippen LogP contribution in [0.3, 0.4) is 0 Å².